The number of hydrogen-bond acceptors (Lipinski definition) is 5. The Kier molecular flexibility index (Phi) is 5.81. The van der Waals surface area contributed by atoms with Crippen molar-refractivity contribution < 1.29 is 14.3 Å². The minimum Gasteiger partial charge on any atom is -0.493 e. The van der Waals surface area contributed by atoms with Crippen LogP contribution in [-0.2, 0) is 4.79 Å². The molecule has 1 aromatic heterocycles. The summed E-state index contributed by atoms with van der Waals surface area (Å²) in [5.41, 5.74) is 2.13. The molecular formula is C23H24N2O3S. The number of rotatable bonds is 8. The summed E-state index contributed by atoms with van der Waals surface area (Å²) in [5.74, 6) is 2.32. The molecule has 0 aliphatic heterocycles. The van der Waals surface area contributed by atoms with E-state index in [-0.39, 0.29) is 11.9 Å². The van der Waals surface area contributed by atoms with Crippen LogP contribution in [0.5, 0.6) is 16.7 Å². The fourth-order valence-electron chi connectivity index (χ4n) is 2.97. The third-order valence-corrected chi connectivity index (χ3v) is 5.74. The lowest BCUT2D eigenvalue weighted by Gasteiger charge is -2.13. The number of carbonyl (C=O) groups excluding carboxylic acids is 1. The van der Waals surface area contributed by atoms with Gasteiger partial charge in [0.15, 0.2) is 0 Å². The summed E-state index contributed by atoms with van der Waals surface area (Å²) in [4.78, 5) is 16.6. The first kappa shape index (κ1) is 19.5. The van der Waals surface area contributed by atoms with Gasteiger partial charge in [-0.2, -0.15) is 0 Å². The van der Waals surface area contributed by atoms with Gasteiger partial charge in [-0.3, -0.25) is 4.79 Å². The molecule has 0 radical (unpaired) electrons. The minimum absolute atomic E-state index is 0.0156. The molecule has 1 aliphatic rings. The van der Waals surface area contributed by atoms with Gasteiger partial charge < -0.3 is 14.8 Å². The lowest BCUT2D eigenvalue weighted by molar-refractivity contribution is -0.119. The van der Waals surface area contributed by atoms with E-state index >= 15 is 0 Å². The number of benzene rings is 2. The number of nitrogens with zero attached hydrogens (tertiary/aromatic N) is 1. The van der Waals surface area contributed by atoms with Gasteiger partial charge in [-0.05, 0) is 61.1 Å². The zero-order valence-corrected chi connectivity index (χ0v) is 17.4. The van der Waals surface area contributed by atoms with Gasteiger partial charge in [-0.15, -0.1) is 0 Å². The Balaban J connectivity index is 1.37. The predicted molar refractivity (Wildman–Crippen MR) is 115 cm³/mol. The van der Waals surface area contributed by atoms with Crippen molar-refractivity contribution >= 4 is 17.2 Å². The number of amides is 1. The summed E-state index contributed by atoms with van der Waals surface area (Å²) in [6, 6.07) is 15.8. The van der Waals surface area contributed by atoms with Crippen molar-refractivity contribution in [3.05, 3.63) is 60.3 Å². The topological polar surface area (TPSA) is 60.5 Å². The van der Waals surface area contributed by atoms with Crippen molar-refractivity contribution in [1.82, 2.24) is 10.3 Å². The predicted octanol–water partition coefficient (Wildman–Crippen LogP) is 5.59. The molecule has 1 aliphatic carbocycles. The van der Waals surface area contributed by atoms with E-state index in [1.165, 1.54) is 31.1 Å². The minimum atomic E-state index is -0.0340. The van der Waals surface area contributed by atoms with E-state index in [4.69, 9.17) is 9.47 Å². The summed E-state index contributed by atoms with van der Waals surface area (Å²) >= 11 is 1.50. The molecule has 1 amide bonds. The number of nitrogens with one attached hydrogen (secondary N) is 1. The van der Waals surface area contributed by atoms with Crippen LogP contribution in [0.2, 0.25) is 0 Å². The highest BCUT2D eigenvalue weighted by molar-refractivity contribution is 7.16. The highest BCUT2D eigenvalue weighted by Gasteiger charge is 2.21. The summed E-state index contributed by atoms with van der Waals surface area (Å²) in [5, 5.41) is 3.49. The summed E-state index contributed by atoms with van der Waals surface area (Å²) in [6.07, 6.45) is 4.38. The van der Waals surface area contributed by atoms with Gasteiger partial charge in [0.05, 0.1) is 17.5 Å². The van der Waals surface area contributed by atoms with Crippen LogP contribution in [0.25, 0.3) is 10.4 Å². The van der Waals surface area contributed by atoms with E-state index in [1.54, 1.807) is 0 Å². The van der Waals surface area contributed by atoms with E-state index in [2.05, 4.69) is 10.3 Å². The van der Waals surface area contributed by atoms with Crippen molar-refractivity contribution in [3.8, 4) is 27.1 Å². The lowest BCUT2D eigenvalue weighted by Crippen LogP contribution is -2.23. The van der Waals surface area contributed by atoms with Crippen molar-refractivity contribution in [1.29, 1.82) is 0 Å². The molecule has 1 atom stereocenters. The van der Waals surface area contributed by atoms with Crippen LogP contribution >= 0.6 is 11.3 Å². The second-order valence-corrected chi connectivity index (χ2v) is 8.36. The maximum absolute atomic E-state index is 11.2. The van der Waals surface area contributed by atoms with Crippen molar-refractivity contribution in [2.24, 2.45) is 5.92 Å². The second-order valence-electron chi connectivity index (χ2n) is 7.36. The van der Waals surface area contributed by atoms with E-state index in [1.807, 2.05) is 61.7 Å². The molecule has 6 heteroatoms. The van der Waals surface area contributed by atoms with Crippen LogP contribution in [0.4, 0.5) is 0 Å². The fraction of sp³-hybridized carbons (Fsp3) is 0.304. The Hall–Kier alpha value is -2.86. The molecule has 1 saturated carbocycles. The molecular weight excluding hydrogens is 384 g/mol. The first-order valence-corrected chi connectivity index (χ1v) is 10.6. The van der Waals surface area contributed by atoms with Gasteiger partial charge in [-0.1, -0.05) is 35.6 Å². The molecule has 150 valence electrons. The van der Waals surface area contributed by atoms with E-state index in [0.29, 0.717) is 5.19 Å². The third kappa shape index (κ3) is 5.35. The molecule has 0 spiro atoms. The highest BCUT2D eigenvalue weighted by atomic mass is 32.1. The number of aromatic nitrogens is 1. The second kappa shape index (κ2) is 8.66. The van der Waals surface area contributed by atoms with Crippen molar-refractivity contribution in [2.45, 2.75) is 32.7 Å². The maximum atomic E-state index is 11.2. The molecule has 4 rings (SSSR count). The van der Waals surface area contributed by atoms with Gasteiger partial charge in [0.2, 0.25) is 5.91 Å². The van der Waals surface area contributed by atoms with Crippen LogP contribution in [0.15, 0.2) is 54.7 Å². The van der Waals surface area contributed by atoms with Gasteiger partial charge >= 0.3 is 0 Å². The average Bonchev–Trinajstić information content (AvgIpc) is 3.44. The Morgan fingerprint density at radius 3 is 2.48 bits per heavy atom. The molecule has 2 aromatic carbocycles. The van der Waals surface area contributed by atoms with Gasteiger partial charge in [0.25, 0.3) is 5.19 Å². The maximum Gasteiger partial charge on any atom is 0.279 e. The molecule has 1 heterocycles. The normalized spacial score (nSPS) is 14.3. The SMILES string of the molecule is CC(=O)NC(C)c1ccc(-c2cnc(Oc3ccc(OCC4CC4)cc3)s2)cc1. The van der Waals surface area contributed by atoms with Gasteiger partial charge in [0.1, 0.15) is 11.5 Å². The largest absolute Gasteiger partial charge is 0.493 e. The smallest absolute Gasteiger partial charge is 0.279 e. The van der Waals surface area contributed by atoms with Gasteiger partial charge in [-0.25, -0.2) is 4.98 Å². The van der Waals surface area contributed by atoms with Crippen LogP contribution in [0.3, 0.4) is 0 Å². The standard InChI is InChI=1S/C23H24N2O3S/c1-15(25-16(2)26)18-5-7-19(8-6-18)22-13-24-23(29-22)28-21-11-9-20(10-12-21)27-14-17-3-4-17/h5-13,15,17H,3-4,14H2,1-2H3,(H,25,26). The molecule has 5 nitrogen and oxygen atoms in total. The van der Waals surface area contributed by atoms with E-state index in [0.717, 1.165) is 40.0 Å². The average molecular weight is 409 g/mol. The molecule has 1 N–H and O–H groups in total. The van der Waals surface area contributed by atoms with Crippen LogP contribution in [0, 0.1) is 5.92 Å². The number of thiazole rings is 1. The van der Waals surface area contributed by atoms with Crippen LogP contribution < -0.4 is 14.8 Å². The highest BCUT2D eigenvalue weighted by Crippen LogP contribution is 2.34. The Labute approximate surface area is 174 Å². The molecule has 3 aromatic rings. The summed E-state index contributed by atoms with van der Waals surface area (Å²) < 4.78 is 11.6. The zero-order chi connectivity index (χ0) is 20.2. The Morgan fingerprint density at radius 2 is 1.83 bits per heavy atom. The zero-order valence-electron chi connectivity index (χ0n) is 16.6. The van der Waals surface area contributed by atoms with E-state index in [9.17, 15) is 4.79 Å². The molecule has 1 fully saturated rings. The van der Waals surface area contributed by atoms with E-state index < -0.39 is 0 Å². The molecule has 0 bridgehead atoms. The number of carbonyl (C=O) groups is 1. The number of hydrogen-bond donors (Lipinski definition) is 1. The van der Waals surface area contributed by atoms with Gasteiger partial charge in [0, 0.05) is 13.1 Å². The summed E-state index contributed by atoms with van der Waals surface area (Å²) in [7, 11) is 0. The summed E-state index contributed by atoms with van der Waals surface area (Å²) in [6.45, 7) is 4.30. The van der Waals surface area contributed by atoms with Crippen LogP contribution in [0.1, 0.15) is 38.3 Å². The van der Waals surface area contributed by atoms with Crippen molar-refractivity contribution in [2.75, 3.05) is 6.61 Å². The Morgan fingerprint density at radius 1 is 1.14 bits per heavy atom. The number of ether oxygens (including phenoxy) is 2. The molecule has 0 saturated heterocycles. The fourth-order valence-corrected chi connectivity index (χ4v) is 3.76. The third-order valence-electron chi connectivity index (χ3n) is 4.81. The quantitative estimate of drug-likeness (QED) is 0.528. The molecule has 1 unspecified atom stereocenters. The monoisotopic (exact) mass is 408 g/mol. The molecule has 29 heavy (non-hydrogen) atoms. The van der Waals surface area contributed by atoms with Crippen LogP contribution in [-0.4, -0.2) is 17.5 Å². The lowest BCUT2D eigenvalue weighted by atomic mass is 10.1. The first-order valence-electron chi connectivity index (χ1n) is 9.81. The van der Waals surface area contributed by atoms with Crippen molar-refractivity contribution in [3.63, 3.8) is 0 Å². The first-order chi connectivity index (χ1) is 14.1. The Bertz CT molecular complexity index is 963.